The molecule has 106 valence electrons. The molecule has 0 aliphatic heterocycles. The lowest BCUT2D eigenvalue weighted by Crippen LogP contribution is -2.36. The van der Waals surface area contributed by atoms with Gasteiger partial charge in [-0.05, 0) is 43.9 Å². The monoisotopic (exact) mass is 262 g/mol. The van der Waals surface area contributed by atoms with Gasteiger partial charge in [0.15, 0.2) is 0 Å². The van der Waals surface area contributed by atoms with E-state index in [0.29, 0.717) is 11.6 Å². The van der Waals surface area contributed by atoms with Crippen LogP contribution in [-0.4, -0.2) is 11.9 Å². The fourth-order valence-corrected chi connectivity index (χ4v) is 2.18. The molecule has 19 heavy (non-hydrogen) atoms. The highest BCUT2D eigenvalue weighted by Crippen LogP contribution is 2.18. The molecule has 0 heterocycles. The van der Waals surface area contributed by atoms with Gasteiger partial charge in [-0.2, -0.15) is 0 Å². The predicted molar refractivity (Wildman–Crippen MR) is 80.9 cm³/mol. The van der Waals surface area contributed by atoms with Crippen LogP contribution in [-0.2, 0) is 4.79 Å². The van der Waals surface area contributed by atoms with Crippen LogP contribution in [0, 0.1) is 5.92 Å². The molecule has 0 aliphatic carbocycles. The summed E-state index contributed by atoms with van der Waals surface area (Å²) in [6, 6.07) is 7.74. The minimum absolute atomic E-state index is 0.0707. The second-order valence-electron chi connectivity index (χ2n) is 5.55. The van der Waals surface area contributed by atoms with Crippen LogP contribution in [0.2, 0.25) is 0 Å². The molecule has 0 bridgehead atoms. The third kappa shape index (κ3) is 4.93. The van der Waals surface area contributed by atoms with E-state index in [0.717, 1.165) is 18.4 Å². The number of amides is 1. The number of carbonyl (C=O) groups excluding carboxylic acids is 1. The molecule has 0 saturated carbocycles. The number of hydrogen-bond acceptors (Lipinski definition) is 2. The third-order valence-electron chi connectivity index (χ3n) is 3.65. The Labute approximate surface area is 116 Å². The number of nitrogen functional groups attached to an aromatic ring is 1. The van der Waals surface area contributed by atoms with Gasteiger partial charge in [-0.25, -0.2) is 0 Å². The molecular formula is C16H26N2O. The summed E-state index contributed by atoms with van der Waals surface area (Å²) in [4.78, 5) is 12.2. The Balaban J connectivity index is 2.58. The highest BCUT2D eigenvalue weighted by Gasteiger charge is 2.18. The Hall–Kier alpha value is -1.51. The van der Waals surface area contributed by atoms with Crippen molar-refractivity contribution in [2.45, 2.75) is 52.5 Å². The first-order valence-corrected chi connectivity index (χ1v) is 7.09. The molecule has 3 heteroatoms. The van der Waals surface area contributed by atoms with Crippen LogP contribution < -0.4 is 11.1 Å². The molecule has 1 aromatic rings. The van der Waals surface area contributed by atoms with Gasteiger partial charge in [0.1, 0.15) is 0 Å². The van der Waals surface area contributed by atoms with Gasteiger partial charge in [0.05, 0.1) is 5.92 Å². The Morgan fingerprint density at radius 2 is 2.00 bits per heavy atom. The summed E-state index contributed by atoms with van der Waals surface area (Å²) in [5.41, 5.74) is 7.41. The van der Waals surface area contributed by atoms with Crippen LogP contribution in [0.4, 0.5) is 5.69 Å². The lowest BCUT2D eigenvalue weighted by molar-refractivity contribution is -0.122. The highest BCUT2D eigenvalue weighted by atomic mass is 16.1. The molecule has 0 fully saturated rings. The number of nitrogens with one attached hydrogen (secondary N) is 1. The fraction of sp³-hybridized carbons (Fsp3) is 0.562. The van der Waals surface area contributed by atoms with Crippen molar-refractivity contribution in [3.05, 3.63) is 29.8 Å². The fourth-order valence-electron chi connectivity index (χ4n) is 2.18. The first kappa shape index (κ1) is 15.5. The average Bonchev–Trinajstić information content (AvgIpc) is 2.37. The Kier molecular flexibility index (Phi) is 5.87. The van der Waals surface area contributed by atoms with E-state index in [1.54, 1.807) is 0 Å². The standard InChI is InChI=1S/C16H26N2O/c1-5-11(2)9-12(3)18-16(19)13(4)14-7-6-8-15(17)10-14/h6-8,10-13H,5,9,17H2,1-4H3,(H,18,19). The summed E-state index contributed by atoms with van der Waals surface area (Å²) < 4.78 is 0. The molecule has 3 unspecified atom stereocenters. The van der Waals surface area contributed by atoms with Gasteiger partial charge in [0.25, 0.3) is 0 Å². The van der Waals surface area contributed by atoms with E-state index in [4.69, 9.17) is 5.73 Å². The molecule has 3 nitrogen and oxygen atoms in total. The summed E-state index contributed by atoms with van der Waals surface area (Å²) in [7, 11) is 0. The number of rotatable bonds is 6. The van der Waals surface area contributed by atoms with Crippen molar-refractivity contribution in [1.82, 2.24) is 5.32 Å². The molecular weight excluding hydrogens is 236 g/mol. The second kappa shape index (κ2) is 7.17. The maximum absolute atomic E-state index is 12.2. The van der Waals surface area contributed by atoms with Crippen molar-refractivity contribution in [3.8, 4) is 0 Å². The summed E-state index contributed by atoms with van der Waals surface area (Å²) >= 11 is 0. The van der Waals surface area contributed by atoms with Gasteiger partial charge < -0.3 is 11.1 Å². The van der Waals surface area contributed by atoms with Crippen LogP contribution in [0.3, 0.4) is 0 Å². The largest absolute Gasteiger partial charge is 0.399 e. The molecule has 0 saturated heterocycles. The van der Waals surface area contributed by atoms with Gasteiger partial charge in [0.2, 0.25) is 5.91 Å². The summed E-state index contributed by atoms with van der Waals surface area (Å²) in [5.74, 6) is 0.544. The van der Waals surface area contributed by atoms with Crippen molar-refractivity contribution in [2.24, 2.45) is 5.92 Å². The van der Waals surface area contributed by atoms with Gasteiger partial charge in [0, 0.05) is 11.7 Å². The van der Waals surface area contributed by atoms with Gasteiger partial charge in [-0.1, -0.05) is 32.4 Å². The Morgan fingerprint density at radius 3 is 2.58 bits per heavy atom. The van der Waals surface area contributed by atoms with E-state index in [2.05, 4.69) is 26.1 Å². The third-order valence-corrected chi connectivity index (χ3v) is 3.65. The van der Waals surface area contributed by atoms with Crippen molar-refractivity contribution in [3.63, 3.8) is 0 Å². The highest BCUT2D eigenvalue weighted by molar-refractivity contribution is 5.83. The number of hydrogen-bond donors (Lipinski definition) is 2. The summed E-state index contributed by atoms with van der Waals surface area (Å²) in [5, 5.41) is 3.08. The molecule has 0 radical (unpaired) electrons. The lowest BCUT2D eigenvalue weighted by Gasteiger charge is -2.20. The molecule has 1 rings (SSSR count). The normalized spacial score (nSPS) is 15.6. The zero-order chi connectivity index (χ0) is 14.4. The van der Waals surface area contributed by atoms with Crippen molar-refractivity contribution in [2.75, 3.05) is 5.73 Å². The van der Waals surface area contributed by atoms with E-state index in [-0.39, 0.29) is 17.9 Å². The average molecular weight is 262 g/mol. The Morgan fingerprint density at radius 1 is 1.32 bits per heavy atom. The minimum Gasteiger partial charge on any atom is -0.399 e. The van der Waals surface area contributed by atoms with Crippen LogP contribution in [0.1, 0.15) is 52.0 Å². The van der Waals surface area contributed by atoms with Crippen LogP contribution in [0.25, 0.3) is 0 Å². The maximum Gasteiger partial charge on any atom is 0.227 e. The topological polar surface area (TPSA) is 55.1 Å². The molecule has 3 atom stereocenters. The first-order valence-electron chi connectivity index (χ1n) is 7.09. The second-order valence-corrected chi connectivity index (χ2v) is 5.55. The van der Waals surface area contributed by atoms with E-state index in [1.165, 1.54) is 0 Å². The summed E-state index contributed by atoms with van der Waals surface area (Å²) in [6.45, 7) is 8.37. The van der Waals surface area contributed by atoms with Crippen molar-refractivity contribution < 1.29 is 4.79 Å². The van der Waals surface area contributed by atoms with E-state index >= 15 is 0 Å². The van der Waals surface area contributed by atoms with Crippen molar-refractivity contribution in [1.29, 1.82) is 0 Å². The minimum atomic E-state index is -0.164. The number of anilines is 1. The van der Waals surface area contributed by atoms with Crippen LogP contribution >= 0.6 is 0 Å². The first-order chi connectivity index (χ1) is 8.93. The van der Waals surface area contributed by atoms with E-state index in [9.17, 15) is 4.79 Å². The molecule has 0 aromatic heterocycles. The molecule has 3 N–H and O–H groups in total. The molecule has 0 aliphatic rings. The van der Waals surface area contributed by atoms with E-state index in [1.807, 2.05) is 31.2 Å². The zero-order valence-corrected chi connectivity index (χ0v) is 12.4. The van der Waals surface area contributed by atoms with Crippen LogP contribution in [0.5, 0.6) is 0 Å². The van der Waals surface area contributed by atoms with Gasteiger partial charge in [-0.3, -0.25) is 4.79 Å². The summed E-state index contributed by atoms with van der Waals surface area (Å²) in [6.07, 6.45) is 2.16. The molecule has 0 spiro atoms. The number of benzene rings is 1. The van der Waals surface area contributed by atoms with E-state index < -0.39 is 0 Å². The lowest BCUT2D eigenvalue weighted by atomic mass is 9.97. The number of nitrogens with two attached hydrogens (primary N) is 1. The number of carbonyl (C=O) groups is 1. The quantitative estimate of drug-likeness (QED) is 0.773. The molecule has 1 aromatic carbocycles. The van der Waals surface area contributed by atoms with Crippen molar-refractivity contribution >= 4 is 11.6 Å². The molecule has 1 amide bonds. The van der Waals surface area contributed by atoms with Gasteiger partial charge in [-0.15, -0.1) is 0 Å². The smallest absolute Gasteiger partial charge is 0.227 e. The van der Waals surface area contributed by atoms with Crippen LogP contribution in [0.15, 0.2) is 24.3 Å². The maximum atomic E-state index is 12.2. The zero-order valence-electron chi connectivity index (χ0n) is 12.4. The predicted octanol–water partition coefficient (Wildman–Crippen LogP) is 3.31. The van der Waals surface area contributed by atoms with Gasteiger partial charge >= 0.3 is 0 Å². The SMILES string of the molecule is CCC(C)CC(C)NC(=O)C(C)c1cccc(N)c1. The Bertz CT molecular complexity index is 417.